The topological polar surface area (TPSA) is 64.1 Å². The minimum Gasteiger partial charge on any atom is -0.484 e. The lowest BCUT2D eigenvalue weighted by atomic mass is 10.2. The van der Waals surface area contributed by atoms with Crippen molar-refractivity contribution in [3.63, 3.8) is 0 Å². The number of aryl methyl sites for hydroxylation is 1. The van der Waals surface area contributed by atoms with E-state index in [9.17, 15) is 4.79 Å². The number of rotatable bonds is 4. The predicted octanol–water partition coefficient (Wildman–Crippen LogP) is 3.67. The molecule has 0 saturated heterocycles. The van der Waals surface area contributed by atoms with Gasteiger partial charge in [0.25, 0.3) is 5.91 Å². The van der Waals surface area contributed by atoms with Crippen molar-refractivity contribution in [1.29, 1.82) is 0 Å². The van der Waals surface area contributed by atoms with Crippen LogP contribution in [-0.2, 0) is 4.79 Å². The Morgan fingerprint density at radius 1 is 1.32 bits per heavy atom. The zero-order valence-electron chi connectivity index (χ0n) is 11.7. The van der Waals surface area contributed by atoms with Gasteiger partial charge in [0.15, 0.2) is 6.61 Å². The number of nitrogens with one attached hydrogen (secondary N) is 1. The summed E-state index contributed by atoms with van der Waals surface area (Å²) >= 11 is 7.06. The maximum Gasteiger partial charge on any atom is 0.262 e. The van der Waals surface area contributed by atoms with Crippen molar-refractivity contribution >= 4 is 46.0 Å². The second-order valence-electron chi connectivity index (χ2n) is 4.69. The highest BCUT2D eigenvalue weighted by atomic mass is 35.5. The van der Waals surface area contributed by atoms with Gasteiger partial charge in [-0.2, -0.15) is 8.75 Å². The summed E-state index contributed by atoms with van der Waals surface area (Å²) in [6.45, 7) is 1.79. The zero-order chi connectivity index (χ0) is 15.5. The van der Waals surface area contributed by atoms with Gasteiger partial charge in [0.2, 0.25) is 0 Å². The number of anilines is 1. The summed E-state index contributed by atoms with van der Waals surface area (Å²) < 4.78 is 13.8. The number of nitrogens with zero attached hydrogens (tertiary/aromatic N) is 2. The number of hydrogen-bond acceptors (Lipinski definition) is 5. The highest BCUT2D eigenvalue weighted by Gasteiger charge is 2.09. The molecule has 0 fully saturated rings. The van der Waals surface area contributed by atoms with Gasteiger partial charge in [0, 0.05) is 5.02 Å². The number of aromatic nitrogens is 2. The van der Waals surface area contributed by atoms with Crippen molar-refractivity contribution in [2.45, 2.75) is 6.92 Å². The van der Waals surface area contributed by atoms with E-state index in [2.05, 4.69) is 14.1 Å². The molecule has 0 aliphatic rings. The number of carbonyl (C=O) groups excluding carboxylic acids is 1. The molecule has 1 amide bonds. The molecule has 0 spiro atoms. The van der Waals surface area contributed by atoms with Gasteiger partial charge in [0.1, 0.15) is 16.8 Å². The Morgan fingerprint density at radius 2 is 2.18 bits per heavy atom. The fourth-order valence-electron chi connectivity index (χ4n) is 1.95. The molecule has 1 N–H and O–H groups in total. The van der Waals surface area contributed by atoms with E-state index in [1.807, 2.05) is 19.1 Å². The normalized spacial score (nSPS) is 10.6. The van der Waals surface area contributed by atoms with Crippen LogP contribution in [0.3, 0.4) is 0 Å². The average molecular weight is 334 g/mol. The Kier molecular flexibility index (Phi) is 4.22. The lowest BCUT2D eigenvalue weighted by Gasteiger charge is -2.08. The second-order valence-corrected chi connectivity index (χ2v) is 5.62. The van der Waals surface area contributed by atoms with E-state index in [4.69, 9.17) is 16.3 Å². The van der Waals surface area contributed by atoms with Crippen LogP contribution in [-0.4, -0.2) is 21.3 Å². The van der Waals surface area contributed by atoms with Gasteiger partial charge >= 0.3 is 0 Å². The lowest BCUT2D eigenvalue weighted by Crippen LogP contribution is -2.20. The van der Waals surface area contributed by atoms with Gasteiger partial charge in [0.05, 0.1) is 17.4 Å². The SMILES string of the molecule is Cc1cc(OCC(=O)Nc2cccc3nsnc23)ccc1Cl. The van der Waals surface area contributed by atoms with Crippen LogP contribution in [0.4, 0.5) is 5.69 Å². The number of halogens is 1. The maximum absolute atomic E-state index is 12.0. The zero-order valence-corrected chi connectivity index (χ0v) is 13.2. The Hall–Kier alpha value is -2.18. The molecule has 112 valence electrons. The molecule has 1 aromatic heterocycles. The first kappa shape index (κ1) is 14.7. The number of carbonyl (C=O) groups is 1. The van der Waals surface area contributed by atoms with E-state index in [0.717, 1.165) is 22.8 Å². The molecule has 0 saturated carbocycles. The minimum absolute atomic E-state index is 0.0883. The van der Waals surface area contributed by atoms with Crippen molar-refractivity contribution in [1.82, 2.24) is 8.75 Å². The largest absolute Gasteiger partial charge is 0.484 e. The van der Waals surface area contributed by atoms with Crippen LogP contribution < -0.4 is 10.1 Å². The fraction of sp³-hybridized carbons (Fsp3) is 0.133. The van der Waals surface area contributed by atoms with Gasteiger partial charge in [-0.1, -0.05) is 17.7 Å². The Balaban J connectivity index is 1.65. The van der Waals surface area contributed by atoms with E-state index in [1.54, 1.807) is 24.3 Å². The molecule has 22 heavy (non-hydrogen) atoms. The van der Waals surface area contributed by atoms with E-state index < -0.39 is 0 Å². The van der Waals surface area contributed by atoms with Crippen LogP contribution in [0.15, 0.2) is 36.4 Å². The van der Waals surface area contributed by atoms with Gasteiger partial charge in [-0.3, -0.25) is 4.79 Å². The average Bonchev–Trinajstić information content (AvgIpc) is 2.98. The van der Waals surface area contributed by atoms with Crippen LogP contribution in [0.1, 0.15) is 5.56 Å². The monoisotopic (exact) mass is 333 g/mol. The number of hydrogen-bond donors (Lipinski definition) is 1. The van der Waals surface area contributed by atoms with Crippen LogP contribution in [0, 0.1) is 6.92 Å². The Morgan fingerprint density at radius 3 is 3.00 bits per heavy atom. The summed E-state index contributed by atoms with van der Waals surface area (Å²) in [6.07, 6.45) is 0. The van der Waals surface area contributed by atoms with E-state index in [0.29, 0.717) is 22.0 Å². The van der Waals surface area contributed by atoms with Crippen LogP contribution in [0.5, 0.6) is 5.75 Å². The molecule has 3 rings (SSSR count). The number of benzene rings is 2. The van der Waals surface area contributed by atoms with Gasteiger partial charge in [-0.05, 0) is 42.8 Å². The molecule has 2 aromatic carbocycles. The molecule has 5 nitrogen and oxygen atoms in total. The first-order valence-electron chi connectivity index (χ1n) is 6.53. The summed E-state index contributed by atoms with van der Waals surface area (Å²) in [4.78, 5) is 12.0. The molecule has 0 aliphatic carbocycles. The highest BCUT2D eigenvalue weighted by molar-refractivity contribution is 7.00. The summed E-state index contributed by atoms with van der Waals surface area (Å²) in [6, 6.07) is 10.7. The van der Waals surface area contributed by atoms with Crippen LogP contribution in [0.25, 0.3) is 11.0 Å². The molecule has 7 heteroatoms. The van der Waals surface area contributed by atoms with Crippen molar-refractivity contribution in [3.05, 3.63) is 47.0 Å². The van der Waals surface area contributed by atoms with Gasteiger partial charge < -0.3 is 10.1 Å². The highest BCUT2D eigenvalue weighted by Crippen LogP contribution is 2.22. The van der Waals surface area contributed by atoms with Crippen LogP contribution in [0.2, 0.25) is 5.02 Å². The molecule has 0 atom stereocenters. The minimum atomic E-state index is -0.256. The second kappa shape index (κ2) is 6.29. The molecule has 3 aromatic rings. The number of fused-ring (bicyclic) bond motifs is 1. The molecule has 1 heterocycles. The fourth-order valence-corrected chi connectivity index (χ4v) is 2.62. The summed E-state index contributed by atoms with van der Waals surface area (Å²) in [5.74, 6) is 0.346. The molecule has 0 aliphatic heterocycles. The maximum atomic E-state index is 12.0. The molecule has 0 radical (unpaired) electrons. The van der Waals surface area contributed by atoms with Crippen molar-refractivity contribution in [3.8, 4) is 5.75 Å². The van der Waals surface area contributed by atoms with E-state index in [-0.39, 0.29) is 12.5 Å². The summed E-state index contributed by atoms with van der Waals surface area (Å²) in [5.41, 5.74) is 2.98. The molecule has 0 bridgehead atoms. The van der Waals surface area contributed by atoms with Gasteiger partial charge in [-0.25, -0.2) is 0 Å². The number of ether oxygens (including phenoxy) is 1. The van der Waals surface area contributed by atoms with Crippen molar-refractivity contribution in [2.24, 2.45) is 0 Å². The quantitative estimate of drug-likeness (QED) is 0.791. The lowest BCUT2D eigenvalue weighted by molar-refractivity contribution is -0.118. The standard InChI is InChI=1S/C15H12ClN3O2S/c1-9-7-10(5-6-11(9)16)21-8-14(20)17-12-3-2-4-13-15(12)19-22-18-13/h2-7H,8H2,1H3,(H,17,20). The first-order chi connectivity index (χ1) is 10.6. The van der Waals surface area contributed by atoms with Gasteiger partial charge in [-0.15, -0.1) is 0 Å². The van der Waals surface area contributed by atoms with Crippen LogP contribution >= 0.6 is 23.3 Å². The molecule has 0 unspecified atom stereocenters. The van der Waals surface area contributed by atoms with E-state index in [1.165, 1.54) is 0 Å². The van der Waals surface area contributed by atoms with Crippen molar-refractivity contribution < 1.29 is 9.53 Å². The summed E-state index contributed by atoms with van der Waals surface area (Å²) in [7, 11) is 0. The summed E-state index contributed by atoms with van der Waals surface area (Å²) in [5, 5.41) is 3.45. The Labute approximate surface area is 136 Å². The third-order valence-corrected chi connectivity index (χ3v) is 4.03. The number of amides is 1. The smallest absolute Gasteiger partial charge is 0.262 e. The van der Waals surface area contributed by atoms with Crippen molar-refractivity contribution in [2.75, 3.05) is 11.9 Å². The molecular weight excluding hydrogens is 322 g/mol. The first-order valence-corrected chi connectivity index (χ1v) is 7.64. The van der Waals surface area contributed by atoms with E-state index >= 15 is 0 Å². The predicted molar refractivity (Wildman–Crippen MR) is 87.7 cm³/mol. The Bertz CT molecular complexity index is 835. The molecular formula is C15H12ClN3O2S. The third-order valence-electron chi connectivity index (χ3n) is 3.06. The third kappa shape index (κ3) is 3.18.